The molecule has 5 nitrogen and oxygen atoms in total. The molecule has 3 rings (SSSR count). The summed E-state index contributed by atoms with van der Waals surface area (Å²) in [5.74, 6) is 0.281. The van der Waals surface area contributed by atoms with Gasteiger partial charge in [0.15, 0.2) is 0 Å². The zero-order valence-corrected chi connectivity index (χ0v) is 18.7. The molecular weight excluding hydrogens is 466 g/mol. The Morgan fingerprint density at radius 1 is 1.11 bits per heavy atom. The van der Waals surface area contributed by atoms with Gasteiger partial charge in [-0.25, -0.2) is 13.2 Å². The van der Waals surface area contributed by atoms with Crippen molar-refractivity contribution in [3.8, 4) is 5.75 Å². The Balaban J connectivity index is 1.76. The molecular formula is C20H21BrClNO4S. The lowest BCUT2D eigenvalue weighted by Crippen LogP contribution is -2.42. The summed E-state index contributed by atoms with van der Waals surface area (Å²) in [5, 5.41) is 0.301. The molecule has 1 heterocycles. The van der Waals surface area contributed by atoms with E-state index in [2.05, 4.69) is 29.8 Å². The minimum absolute atomic E-state index is 0.173. The van der Waals surface area contributed by atoms with Crippen molar-refractivity contribution in [2.24, 2.45) is 11.8 Å². The molecule has 0 aliphatic carbocycles. The summed E-state index contributed by atoms with van der Waals surface area (Å²) in [6, 6.07) is 10.7. The van der Waals surface area contributed by atoms with Crippen molar-refractivity contribution in [2.75, 3.05) is 13.1 Å². The summed E-state index contributed by atoms with van der Waals surface area (Å²) < 4.78 is 33.4. The predicted molar refractivity (Wildman–Crippen MR) is 112 cm³/mol. The molecule has 150 valence electrons. The highest BCUT2D eigenvalue weighted by molar-refractivity contribution is 9.10. The number of carbonyl (C=O) groups is 1. The van der Waals surface area contributed by atoms with Crippen LogP contribution in [0.5, 0.6) is 5.75 Å². The smallest absolute Gasteiger partial charge is 0.343 e. The Morgan fingerprint density at radius 2 is 1.71 bits per heavy atom. The van der Waals surface area contributed by atoms with E-state index < -0.39 is 16.0 Å². The number of benzene rings is 2. The number of nitrogens with zero attached hydrogens (tertiary/aromatic N) is 1. The van der Waals surface area contributed by atoms with Gasteiger partial charge in [0.25, 0.3) is 0 Å². The van der Waals surface area contributed by atoms with Gasteiger partial charge < -0.3 is 4.74 Å². The number of esters is 1. The third-order valence-corrected chi connectivity index (χ3v) is 7.29. The van der Waals surface area contributed by atoms with Gasteiger partial charge in [-0.3, -0.25) is 0 Å². The number of hydrogen-bond acceptors (Lipinski definition) is 4. The van der Waals surface area contributed by atoms with Crippen LogP contribution in [-0.4, -0.2) is 31.8 Å². The van der Waals surface area contributed by atoms with Crippen LogP contribution in [0, 0.1) is 11.8 Å². The highest BCUT2D eigenvalue weighted by Gasteiger charge is 2.31. The Hall–Kier alpha value is -1.41. The van der Waals surface area contributed by atoms with Crippen LogP contribution in [0.15, 0.2) is 51.8 Å². The minimum Gasteiger partial charge on any atom is -0.421 e. The van der Waals surface area contributed by atoms with Crippen molar-refractivity contribution in [1.29, 1.82) is 0 Å². The van der Waals surface area contributed by atoms with Gasteiger partial charge in [0.1, 0.15) is 5.75 Å². The van der Waals surface area contributed by atoms with E-state index in [1.807, 2.05) is 0 Å². The molecule has 1 fully saturated rings. The van der Waals surface area contributed by atoms with E-state index in [-0.39, 0.29) is 16.2 Å². The molecule has 0 saturated carbocycles. The first-order chi connectivity index (χ1) is 13.2. The molecule has 1 aliphatic rings. The first kappa shape index (κ1) is 21.3. The Labute approximate surface area is 178 Å². The van der Waals surface area contributed by atoms with Crippen molar-refractivity contribution in [3.05, 3.63) is 57.5 Å². The molecule has 28 heavy (non-hydrogen) atoms. The number of sulfonamides is 1. The van der Waals surface area contributed by atoms with Crippen LogP contribution in [0.4, 0.5) is 0 Å². The second-order valence-corrected chi connectivity index (χ2v) is 10.5. The predicted octanol–water partition coefficient (Wildman–Crippen LogP) is 4.99. The maximum absolute atomic E-state index is 12.9. The highest BCUT2D eigenvalue weighted by Crippen LogP contribution is 2.29. The van der Waals surface area contributed by atoms with Gasteiger partial charge in [-0.05, 0) is 60.7 Å². The van der Waals surface area contributed by atoms with Gasteiger partial charge >= 0.3 is 5.97 Å². The van der Waals surface area contributed by atoms with Gasteiger partial charge in [-0.2, -0.15) is 4.31 Å². The van der Waals surface area contributed by atoms with E-state index in [1.54, 1.807) is 18.2 Å². The summed E-state index contributed by atoms with van der Waals surface area (Å²) >= 11 is 9.35. The van der Waals surface area contributed by atoms with E-state index in [0.29, 0.717) is 29.9 Å². The molecule has 8 heteroatoms. The number of halogens is 2. The van der Waals surface area contributed by atoms with E-state index in [1.165, 1.54) is 28.6 Å². The number of carbonyl (C=O) groups excluding carboxylic acids is 1. The quantitative estimate of drug-likeness (QED) is 0.451. The number of piperidine rings is 1. The lowest BCUT2D eigenvalue weighted by atomic mass is 9.94. The monoisotopic (exact) mass is 485 g/mol. The van der Waals surface area contributed by atoms with Gasteiger partial charge in [0, 0.05) is 17.6 Å². The zero-order chi connectivity index (χ0) is 20.5. The van der Waals surface area contributed by atoms with Crippen LogP contribution in [0.1, 0.15) is 30.6 Å². The molecule has 2 unspecified atom stereocenters. The second kappa shape index (κ2) is 8.53. The van der Waals surface area contributed by atoms with Crippen LogP contribution in [0.25, 0.3) is 0 Å². The Bertz CT molecular complexity index is 968. The summed E-state index contributed by atoms with van der Waals surface area (Å²) in [4.78, 5) is 12.5. The van der Waals surface area contributed by atoms with Crippen LogP contribution < -0.4 is 4.74 Å². The first-order valence-electron chi connectivity index (χ1n) is 8.94. The lowest BCUT2D eigenvalue weighted by molar-refractivity contribution is 0.0734. The fourth-order valence-electron chi connectivity index (χ4n) is 3.43. The van der Waals surface area contributed by atoms with Crippen LogP contribution >= 0.6 is 27.5 Å². The number of hydrogen-bond donors (Lipinski definition) is 0. The maximum Gasteiger partial charge on any atom is 0.343 e. The van der Waals surface area contributed by atoms with Gasteiger partial charge in [-0.1, -0.05) is 41.4 Å². The molecule has 0 amide bonds. The molecule has 1 aliphatic heterocycles. The van der Waals surface area contributed by atoms with E-state index in [9.17, 15) is 13.2 Å². The normalized spacial score (nSPS) is 20.7. The standard InChI is InChI=1S/C20H21BrClNO4S/c1-13-9-14(2)12-23(11-13)28(25,26)17-6-3-15(4-7-17)20(24)27-19-8-5-16(21)10-18(19)22/h3-8,10,13-14H,9,11-12H2,1-2H3. The minimum atomic E-state index is -3.59. The van der Waals surface area contributed by atoms with Crippen LogP contribution in [0.2, 0.25) is 5.02 Å². The third-order valence-electron chi connectivity index (χ3n) is 4.66. The maximum atomic E-state index is 12.9. The third kappa shape index (κ3) is 4.76. The summed E-state index contributed by atoms with van der Waals surface area (Å²) in [6.45, 7) is 5.14. The van der Waals surface area contributed by atoms with E-state index in [4.69, 9.17) is 16.3 Å². The second-order valence-electron chi connectivity index (χ2n) is 7.26. The summed E-state index contributed by atoms with van der Waals surface area (Å²) in [7, 11) is -3.59. The lowest BCUT2D eigenvalue weighted by Gasteiger charge is -2.34. The molecule has 0 bridgehead atoms. The van der Waals surface area contributed by atoms with E-state index in [0.717, 1.165) is 10.9 Å². The zero-order valence-electron chi connectivity index (χ0n) is 15.6. The molecule has 0 N–H and O–H groups in total. The Morgan fingerprint density at radius 3 is 2.29 bits per heavy atom. The van der Waals surface area contributed by atoms with Crippen molar-refractivity contribution < 1.29 is 17.9 Å². The SMILES string of the molecule is CC1CC(C)CN(S(=O)(=O)c2ccc(C(=O)Oc3ccc(Br)cc3Cl)cc2)C1. The molecule has 0 aromatic heterocycles. The highest BCUT2D eigenvalue weighted by atomic mass is 79.9. The topological polar surface area (TPSA) is 63.7 Å². The van der Waals surface area contributed by atoms with Crippen molar-refractivity contribution in [1.82, 2.24) is 4.31 Å². The Kier molecular flexibility index (Phi) is 6.49. The van der Waals surface area contributed by atoms with Crippen molar-refractivity contribution in [2.45, 2.75) is 25.2 Å². The molecule has 2 aromatic carbocycles. The fourth-order valence-corrected chi connectivity index (χ4v) is 5.82. The van der Waals surface area contributed by atoms with Crippen LogP contribution in [-0.2, 0) is 10.0 Å². The van der Waals surface area contributed by atoms with Gasteiger partial charge in [-0.15, -0.1) is 0 Å². The molecule has 2 atom stereocenters. The molecule has 2 aromatic rings. The fraction of sp³-hybridized carbons (Fsp3) is 0.350. The van der Waals surface area contributed by atoms with Crippen molar-refractivity contribution in [3.63, 3.8) is 0 Å². The van der Waals surface area contributed by atoms with Gasteiger partial charge in [0.05, 0.1) is 15.5 Å². The molecule has 0 spiro atoms. The number of ether oxygens (including phenoxy) is 1. The first-order valence-corrected chi connectivity index (χ1v) is 11.6. The van der Waals surface area contributed by atoms with Crippen LogP contribution in [0.3, 0.4) is 0 Å². The van der Waals surface area contributed by atoms with Crippen molar-refractivity contribution >= 4 is 43.5 Å². The van der Waals surface area contributed by atoms with Gasteiger partial charge in [0.2, 0.25) is 10.0 Å². The van der Waals surface area contributed by atoms with E-state index >= 15 is 0 Å². The summed E-state index contributed by atoms with van der Waals surface area (Å²) in [5.41, 5.74) is 0.248. The molecule has 1 saturated heterocycles. The largest absolute Gasteiger partial charge is 0.421 e. The number of rotatable bonds is 4. The summed E-state index contributed by atoms with van der Waals surface area (Å²) in [6.07, 6.45) is 1.02. The average Bonchev–Trinajstić information content (AvgIpc) is 2.63. The molecule has 0 radical (unpaired) electrons. The average molecular weight is 487 g/mol.